The van der Waals surface area contributed by atoms with Crippen LogP contribution in [0.2, 0.25) is 0 Å². The fourth-order valence-corrected chi connectivity index (χ4v) is 2.17. The quantitative estimate of drug-likeness (QED) is 0.249. The fourth-order valence-electron chi connectivity index (χ4n) is 1.72. The van der Waals surface area contributed by atoms with Crippen LogP contribution in [0.25, 0.3) is 0 Å². The van der Waals surface area contributed by atoms with Crippen molar-refractivity contribution in [3.63, 3.8) is 0 Å². The number of rotatable bonds is 4. The van der Waals surface area contributed by atoms with Crippen LogP contribution in [0.15, 0.2) is 63.0 Å². The summed E-state index contributed by atoms with van der Waals surface area (Å²) in [6, 6.07) is 13.9. The summed E-state index contributed by atoms with van der Waals surface area (Å²) in [5, 5.41) is 10.6. The Morgan fingerprint density at radius 1 is 1.18 bits per heavy atom. The molecule has 0 heterocycles. The van der Waals surface area contributed by atoms with Crippen LogP contribution in [0.5, 0.6) is 0 Å². The van der Waals surface area contributed by atoms with Crippen LogP contribution in [0.4, 0.5) is 5.69 Å². The zero-order chi connectivity index (χ0) is 15.9. The number of amidine groups is 1. The Hall–Kier alpha value is -1.91. The van der Waals surface area contributed by atoms with Gasteiger partial charge in [0.2, 0.25) is 0 Å². The van der Waals surface area contributed by atoms with Gasteiger partial charge in [0.1, 0.15) is 0 Å². The van der Waals surface area contributed by atoms with Crippen molar-refractivity contribution in [2.75, 3.05) is 0 Å². The van der Waals surface area contributed by atoms with Gasteiger partial charge >= 0.3 is 143 Å². The molecule has 2 aromatic rings. The van der Waals surface area contributed by atoms with Crippen LogP contribution >= 0.6 is 15.9 Å². The molecule has 0 aliphatic heterocycles. The minimum atomic E-state index is -0.424. The Labute approximate surface area is 143 Å². The summed E-state index contributed by atoms with van der Waals surface area (Å²) in [6.07, 6.45) is 0. The monoisotopic (exact) mass is 423 g/mol. The molecule has 7 heteroatoms. The number of nitro groups is 1. The van der Waals surface area contributed by atoms with Crippen LogP contribution in [-0.4, -0.2) is 31.0 Å². The molecule has 0 atom stereocenters. The summed E-state index contributed by atoms with van der Waals surface area (Å²) >= 11 is 5.97. The van der Waals surface area contributed by atoms with E-state index in [0.717, 1.165) is 15.6 Å². The predicted molar refractivity (Wildman–Crippen MR) is 90.7 cm³/mol. The first-order chi connectivity index (χ1) is 10.6. The molecule has 0 radical (unpaired) electrons. The van der Waals surface area contributed by atoms with Gasteiger partial charge in [-0.2, -0.15) is 0 Å². The van der Waals surface area contributed by atoms with Crippen molar-refractivity contribution in [3.8, 4) is 0 Å². The fraction of sp³-hybridized carbons (Fsp3) is 0.0667. The number of non-ortho nitro benzene ring substituents is 1. The van der Waals surface area contributed by atoms with E-state index in [-0.39, 0.29) is 5.69 Å². The molecule has 5 nitrogen and oxygen atoms in total. The first-order valence-electron chi connectivity index (χ1n) is 6.22. The van der Waals surface area contributed by atoms with Crippen molar-refractivity contribution in [3.05, 3.63) is 74.2 Å². The van der Waals surface area contributed by atoms with Gasteiger partial charge in [-0.15, -0.1) is 0 Å². The van der Waals surface area contributed by atoms with Gasteiger partial charge in [0.25, 0.3) is 0 Å². The third-order valence-electron chi connectivity index (χ3n) is 2.81. The number of halogens is 1. The molecule has 0 saturated carbocycles. The summed E-state index contributed by atoms with van der Waals surface area (Å²) in [4.78, 5) is 18.7. The first-order valence-corrected chi connectivity index (χ1v) is 7.86. The average Bonchev–Trinajstić information content (AvgIpc) is 2.53. The average molecular weight is 423 g/mol. The first kappa shape index (κ1) is 16.5. The SMILES string of the molecule is O=[N+]([O-])c1ccc(CN=C(N=C=[Se])c2ccc(Br)cc2)cc1. The van der Waals surface area contributed by atoms with Crippen molar-refractivity contribution in [2.24, 2.45) is 9.98 Å². The van der Waals surface area contributed by atoms with E-state index in [1.54, 1.807) is 12.1 Å². The number of nitrogens with zero attached hydrogens (tertiary/aromatic N) is 3. The molecule has 0 unspecified atom stereocenters. The summed E-state index contributed by atoms with van der Waals surface area (Å²) in [7, 11) is 0. The van der Waals surface area contributed by atoms with Gasteiger partial charge in [0.05, 0.1) is 0 Å². The molecule has 0 N–H and O–H groups in total. The standard InChI is InChI=1S/C15H10BrN3O2Se/c16-13-5-3-12(4-6-13)15(18-10-22)17-9-11-1-7-14(8-2-11)19(20)21/h1-8H,9H2. The van der Waals surface area contributed by atoms with Crippen molar-refractivity contribution in [1.82, 2.24) is 0 Å². The van der Waals surface area contributed by atoms with Gasteiger partial charge in [-0.3, -0.25) is 0 Å². The molecule has 0 spiro atoms. The second-order valence-electron chi connectivity index (χ2n) is 4.27. The summed E-state index contributed by atoms with van der Waals surface area (Å²) in [6.45, 7) is 0.384. The van der Waals surface area contributed by atoms with Gasteiger partial charge in [0, 0.05) is 0 Å². The number of nitro benzene ring substituents is 1. The molecule has 22 heavy (non-hydrogen) atoms. The second kappa shape index (κ2) is 7.92. The molecular formula is C15H10BrN3O2Se. The molecule has 110 valence electrons. The molecule has 0 aliphatic carbocycles. The molecule has 0 aromatic heterocycles. The van der Waals surface area contributed by atoms with E-state index in [4.69, 9.17) is 0 Å². The Morgan fingerprint density at radius 3 is 2.36 bits per heavy atom. The number of benzene rings is 2. The number of aliphatic imine (C=N–C) groups is 2. The van der Waals surface area contributed by atoms with Gasteiger partial charge in [-0.05, 0) is 0 Å². The third kappa shape index (κ3) is 4.55. The zero-order valence-electron chi connectivity index (χ0n) is 11.3. The molecule has 0 amide bonds. The van der Waals surface area contributed by atoms with Crippen molar-refractivity contribution >= 4 is 47.7 Å². The molecule has 0 fully saturated rings. The van der Waals surface area contributed by atoms with Crippen LogP contribution in [-0.2, 0) is 6.54 Å². The molecule has 0 saturated heterocycles. The van der Waals surface area contributed by atoms with Gasteiger partial charge in [-0.1, -0.05) is 0 Å². The Morgan fingerprint density at radius 2 is 1.82 bits per heavy atom. The van der Waals surface area contributed by atoms with Crippen molar-refractivity contribution in [1.29, 1.82) is 0 Å². The summed E-state index contributed by atoms with van der Waals surface area (Å²) in [5.41, 5.74) is 1.80. The molecule has 0 aliphatic rings. The van der Waals surface area contributed by atoms with Crippen molar-refractivity contribution < 1.29 is 4.92 Å². The van der Waals surface area contributed by atoms with E-state index in [1.165, 1.54) is 12.1 Å². The molecule has 0 bridgehead atoms. The number of hydrogen-bond donors (Lipinski definition) is 0. The Balaban J connectivity index is 2.21. The van der Waals surface area contributed by atoms with E-state index in [9.17, 15) is 10.1 Å². The molecule has 2 aromatic carbocycles. The van der Waals surface area contributed by atoms with Crippen LogP contribution in [0, 0.1) is 10.1 Å². The van der Waals surface area contributed by atoms with Gasteiger partial charge in [0.15, 0.2) is 0 Å². The Kier molecular flexibility index (Phi) is 5.92. The van der Waals surface area contributed by atoms with E-state index in [0.29, 0.717) is 12.4 Å². The van der Waals surface area contributed by atoms with Crippen LogP contribution < -0.4 is 0 Å². The topological polar surface area (TPSA) is 67.9 Å². The van der Waals surface area contributed by atoms with E-state index in [2.05, 4.69) is 46.2 Å². The van der Waals surface area contributed by atoms with Crippen LogP contribution in [0.3, 0.4) is 0 Å². The van der Waals surface area contributed by atoms with E-state index in [1.807, 2.05) is 24.3 Å². The number of hydrogen-bond acceptors (Lipinski definition) is 3. The van der Waals surface area contributed by atoms with E-state index < -0.39 is 4.92 Å². The predicted octanol–water partition coefficient (Wildman–Crippen LogP) is 3.38. The van der Waals surface area contributed by atoms with Crippen molar-refractivity contribution in [2.45, 2.75) is 6.54 Å². The minimum absolute atomic E-state index is 0.0652. The Bertz CT molecular complexity index is 751. The molecule has 2 rings (SSSR count). The van der Waals surface area contributed by atoms with E-state index >= 15 is 0 Å². The third-order valence-corrected chi connectivity index (χ3v) is 3.53. The van der Waals surface area contributed by atoms with Gasteiger partial charge in [-0.25, -0.2) is 0 Å². The van der Waals surface area contributed by atoms with Gasteiger partial charge < -0.3 is 0 Å². The zero-order valence-corrected chi connectivity index (χ0v) is 14.6. The van der Waals surface area contributed by atoms with Crippen LogP contribution in [0.1, 0.15) is 11.1 Å². The molecular weight excluding hydrogens is 413 g/mol. The maximum atomic E-state index is 10.6. The normalized spacial score (nSPS) is 10.9. The second-order valence-corrected chi connectivity index (χ2v) is 5.57. The summed E-state index contributed by atoms with van der Waals surface area (Å²) in [5.74, 6) is 0.546. The maximum absolute atomic E-state index is 10.6. The summed E-state index contributed by atoms with van der Waals surface area (Å²) < 4.78 is 3.58.